The lowest BCUT2D eigenvalue weighted by molar-refractivity contribution is 0.286. The second-order valence-electron chi connectivity index (χ2n) is 7.33. The van der Waals surface area contributed by atoms with E-state index in [1.54, 1.807) is 11.3 Å². The molecule has 0 aromatic carbocycles. The van der Waals surface area contributed by atoms with E-state index in [9.17, 15) is 0 Å². The van der Waals surface area contributed by atoms with Crippen molar-refractivity contribution in [3.05, 3.63) is 28.1 Å². The molecule has 0 unspecified atom stereocenters. The number of aromatic nitrogens is 3. The van der Waals surface area contributed by atoms with Gasteiger partial charge in [-0.3, -0.25) is 0 Å². The number of nitrogens with zero attached hydrogens (tertiary/aromatic N) is 3. The molecule has 2 aromatic rings. The summed E-state index contributed by atoms with van der Waals surface area (Å²) in [6.45, 7) is 15.5. The summed E-state index contributed by atoms with van der Waals surface area (Å²) in [5, 5.41) is 0. The van der Waals surface area contributed by atoms with E-state index < -0.39 is 0 Å². The van der Waals surface area contributed by atoms with Gasteiger partial charge >= 0.3 is 0 Å². The van der Waals surface area contributed by atoms with Crippen LogP contribution in [0.4, 0.5) is 0 Å². The van der Waals surface area contributed by atoms with Gasteiger partial charge in [0, 0.05) is 10.4 Å². The van der Waals surface area contributed by atoms with Crippen molar-refractivity contribution in [1.82, 2.24) is 14.5 Å². The maximum atomic E-state index is 5.86. The second-order valence-corrected chi connectivity index (χ2v) is 8.19. The summed E-state index contributed by atoms with van der Waals surface area (Å²) in [6.07, 6.45) is 1.97. The second kappa shape index (κ2) is 5.44. The highest BCUT2D eigenvalue weighted by atomic mass is 32.1. The van der Waals surface area contributed by atoms with Crippen LogP contribution < -0.4 is 4.74 Å². The fourth-order valence-corrected chi connectivity index (χ4v) is 3.21. The highest BCUT2D eigenvalue weighted by molar-refractivity contribution is 7.09. The molecule has 2 heterocycles. The van der Waals surface area contributed by atoms with Crippen LogP contribution in [0.25, 0.3) is 0 Å². The van der Waals surface area contributed by atoms with Crippen molar-refractivity contribution in [1.29, 1.82) is 0 Å². The van der Waals surface area contributed by atoms with Gasteiger partial charge in [0.2, 0.25) is 5.88 Å². The fraction of sp³-hybridized carbons (Fsp3) is 0.625. The highest BCUT2D eigenvalue weighted by Gasteiger charge is 2.22. The van der Waals surface area contributed by atoms with Crippen LogP contribution in [0.15, 0.2) is 11.7 Å². The van der Waals surface area contributed by atoms with E-state index in [0.29, 0.717) is 12.5 Å². The van der Waals surface area contributed by atoms with Gasteiger partial charge in [0.25, 0.3) is 0 Å². The van der Waals surface area contributed by atoms with E-state index in [0.717, 1.165) is 11.5 Å². The highest BCUT2D eigenvalue weighted by Crippen LogP contribution is 2.30. The van der Waals surface area contributed by atoms with E-state index in [-0.39, 0.29) is 11.0 Å². The molecule has 0 saturated heterocycles. The average molecular weight is 307 g/mol. The number of hydrogen-bond acceptors (Lipinski definition) is 4. The first-order valence-corrected chi connectivity index (χ1v) is 8.09. The lowest BCUT2D eigenvalue weighted by Crippen LogP contribution is -2.22. The SMILES string of the molecule is Cc1nc(OCc2ncsc2C(C)(C)C)cn1C(C)(C)C. The normalized spacial score (nSPS) is 12.7. The molecule has 0 atom stereocenters. The predicted octanol–water partition coefficient (Wildman–Crippen LogP) is 4.28. The van der Waals surface area contributed by atoms with Crippen LogP contribution in [0.5, 0.6) is 5.88 Å². The summed E-state index contributed by atoms with van der Waals surface area (Å²) in [6, 6.07) is 0. The third kappa shape index (κ3) is 3.64. The molecular weight excluding hydrogens is 282 g/mol. The minimum absolute atomic E-state index is 0.00982. The van der Waals surface area contributed by atoms with E-state index in [2.05, 4.69) is 56.1 Å². The summed E-state index contributed by atoms with van der Waals surface area (Å²) in [5.41, 5.74) is 3.00. The van der Waals surface area contributed by atoms with E-state index in [1.165, 1.54) is 4.88 Å². The molecule has 0 saturated carbocycles. The van der Waals surface area contributed by atoms with E-state index in [1.807, 2.05) is 18.6 Å². The molecule has 0 amide bonds. The number of thiazole rings is 1. The largest absolute Gasteiger partial charge is 0.470 e. The molecular formula is C16H25N3OS. The number of imidazole rings is 1. The third-order valence-corrected chi connectivity index (χ3v) is 4.56. The van der Waals surface area contributed by atoms with Gasteiger partial charge in [0.05, 0.1) is 17.4 Å². The number of aryl methyl sites for hydroxylation is 1. The lowest BCUT2D eigenvalue weighted by Gasteiger charge is -2.21. The van der Waals surface area contributed by atoms with Gasteiger partial charge in [-0.1, -0.05) is 20.8 Å². The maximum absolute atomic E-state index is 5.86. The summed E-state index contributed by atoms with van der Waals surface area (Å²) in [4.78, 5) is 10.2. The number of hydrogen-bond donors (Lipinski definition) is 0. The minimum Gasteiger partial charge on any atom is -0.470 e. The predicted molar refractivity (Wildman–Crippen MR) is 87.1 cm³/mol. The molecule has 0 radical (unpaired) electrons. The zero-order valence-electron chi connectivity index (χ0n) is 14.0. The molecule has 0 aliphatic rings. The van der Waals surface area contributed by atoms with Crippen LogP contribution >= 0.6 is 11.3 Å². The third-order valence-electron chi connectivity index (χ3n) is 3.26. The standard InChI is InChI=1S/C16H25N3OS/c1-11-18-13(8-19(11)16(5,6)7)20-9-12-14(15(2,3)4)21-10-17-12/h8,10H,9H2,1-7H3. The lowest BCUT2D eigenvalue weighted by atomic mass is 9.93. The van der Waals surface area contributed by atoms with Crippen molar-refractivity contribution in [2.75, 3.05) is 0 Å². The van der Waals surface area contributed by atoms with Crippen LogP contribution in [0, 0.1) is 6.92 Å². The molecule has 0 spiro atoms. The van der Waals surface area contributed by atoms with Crippen LogP contribution in [-0.4, -0.2) is 14.5 Å². The minimum atomic E-state index is 0.00982. The summed E-state index contributed by atoms with van der Waals surface area (Å²) in [7, 11) is 0. The van der Waals surface area contributed by atoms with Crippen molar-refractivity contribution in [2.24, 2.45) is 0 Å². The monoisotopic (exact) mass is 307 g/mol. The molecule has 5 heteroatoms. The molecule has 0 aliphatic carbocycles. The quantitative estimate of drug-likeness (QED) is 0.849. The fourth-order valence-electron chi connectivity index (χ4n) is 2.32. The molecule has 0 bridgehead atoms. The number of rotatable bonds is 3. The topological polar surface area (TPSA) is 39.9 Å². The average Bonchev–Trinajstić information content (AvgIpc) is 2.90. The molecule has 21 heavy (non-hydrogen) atoms. The molecule has 2 aromatic heterocycles. The molecule has 0 aliphatic heterocycles. The Labute approximate surface area is 131 Å². The van der Waals surface area contributed by atoms with Gasteiger partial charge in [0.1, 0.15) is 12.4 Å². The summed E-state index contributed by atoms with van der Waals surface area (Å²) >= 11 is 1.69. The molecule has 116 valence electrons. The van der Waals surface area contributed by atoms with E-state index in [4.69, 9.17) is 4.74 Å². The Bertz CT molecular complexity index is 614. The van der Waals surface area contributed by atoms with Crippen LogP contribution in [0.3, 0.4) is 0 Å². The van der Waals surface area contributed by atoms with Crippen molar-refractivity contribution in [3.63, 3.8) is 0 Å². The Morgan fingerprint density at radius 1 is 1.19 bits per heavy atom. The van der Waals surface area contributed by atoms with Gasteiger partial charge in [-0.25, -0.2) is 4.98 Å². The van der Waals surface area contributed by atoms with Crippen molar-refractivity contribution in [3.8, 4) is 5.88 Å². The maximum Gasteiger partial charge on any atom is 0.232 e. The van der Waals surface area contributed by atoms with Crippen molar-refractivity contribution < 1.29 is 4.74 Å². The van der Waals surface area contributed by atoms with E-state index >= 15 is 0 Å². The van der Waals surface area contributed by atoms with Crippen LogP contribution in [0.2, 0.25) is 0 Å². The van der Waals surface area contributed by atoms with Crippen molar-refractivity contribution in [2.45, 2.75) is 66.0 Å². The Morgan fingerprint density at radius 2 is 1.86 bits per heavy atom. The first-order chi connectivity index (χ1) is 9.59. The summed E-state index contributed by atoms with van der Waals surface area (Å²) < 4.78 is 7.99. The van der Waals surface area contributed by atoms with Crippen LogP contribution in [0.1, 0.15) is 57.9 Å². The Morgan fingerprint density at radius 3 is 2.38 bits per heavy atom. The van der Waals surface area contributed by atoms with Crippen LogP contribution in [-0.2, 0) is 17.6 Å². The van der Waals surface area contributed by atoms with Gasteiger partial charge < -0.3 is 9.30 Å². The molecule has 0 N–H and O–H groups in total. The van der Waals surface area contributed by atoms with Gasteiger partial charge in [0.15, 0.2) is 0 Å². The molecule has 0 fully saturated rings. The van der Waals surface area contributed by atoms with Gasteiger partial charge in [-0.2, -0.15) is 4.98 Å². The zero-order chi connectivity index (χ0) is 15.8. The molecule has 2 rings (SSSR count). The smallest absolute Gasteiger partial charge is 0.232 e. The Balaban J connectivity index is 2.13. The van der Waals surface area contributed by atoms with Gasteiger partial charge in [-0.15, -0.1) is 11.3 Å². The first kappa shape index (κ1) is 16.0. The van der Waals surface area contributed by atoms with Crippen molar-refractivity contribution >= 4 is 11.3 Å². The number of ether oxygens (including phenoxy) is 1. The summed E-state index contributed by atoms with van der Waals surface area (Å²) in [5.74, 6) is 1.63. The Hall–Kier alpha value is -1.36. The molecule has 4 nitrogen and oxygen atoms in total. The zero-order valence-corrected chi connectivity index (χ0v) is 14.8. The Kier molecular flexibility index (Phi) is 4.15. The van der Waals surface area contributed by atoms with Gasteiger partial charge in [-0.05, 0) is 33.1 Å². The first-order valence-electron chi connectivity index (χ1n) is 7.21.